The molecule has 1 atom stereocenters. The first kappa shape index (κ1) is 16.0. The zero-order chi connectivity index (χ0) is 16.2. The summed E-state index contributed by atoms with van der Waals surface area (Å²) < 4.78 is 7.35. The summed E-state index contributed by atoms with van der Waals surface area (Å²) in [6.07, 6.45) is 4.17. The fourth-order valence-electron chi connectivity index (χ4n) is 3.11. The number of methoxy groups -OCH3 is 1. The van der Waals surface area contributed by atoms with Crippen molar-refractivity contribution in [3.8, 4) is 5.75 Å². The molecule has 0 spiro atoms. The highest BCUT2D eigenvalue weighted by atomic mass is 32.2. The largest absolute Gasteiger partial charge is 0.497 e. The molecule has 3 rings (SSSR count). The van der Waals surface area contributed by atoms with Gasteiger partial charge in [0.15, 0.2) is 0 Å². The smallest absolute Gasteiger partial charge is 0.233 e. The molecule has 1 aliphatic rings. The van der Waals surface area contributed by atoms with Crippen LogP contribution < -0.4 is 4.74 Å². The fourth-order valence-corrected chi connectivity index (χ4v) is 3.94. The third-order valence-corrected chi connectivity index (χ3v) is 5.28. The van der Waals surface area contributed by atoms with E-state index in [2.05, 4.69) is 10.6 Å². The van der Waals surface area contributed by atoms with Crippen LogP contribution in [-0.2, 0) is 11.8 Å². The summed E-state index contributed by atoms with van der Waals surface area (Å²) in [6.45, 7) is 0.855. The van der Waals surface area contributed by atoms with Gasteiger partial charge in [-0.25, -0.2) is 0 Å². The van der Waals surface area contributed by atoms with Gasteiger partial charge in [-0.2, -0.15) is 0 Å². The minimum Gasteiger partial charge on any atom is -0.497 e. The molecule has 0 unspecified atom stereocenters. The Morgan fingerprint density at radius 2 is 2.22 bits per heavy atom. The molecule has 0 saturated carbocycles. The Morgan fingerprint density at radius 1 is 1.35 bits per heavy atom. The van der Waals surface area contributed by atoms with E-state index < -0.39 is 0 Å². The van der Waals surface area contributed by atoms with Gasteiger partial charge in [-0.1, -0.05) is 6.07 Å². The summed E-state index contributed by atoms with van der Waals surface area (Å²) >= 11 is 1.57. The molecule has 5 heteroatoms. The van der Waals surface area contributed by atoms with E-state index in [0.717, 1.165) is 30.0 Å². The van der Waals surface area contributed by atoms with Gasteiger partial charge in [0.05, 0.1) is 18.9 Å². The molecule has 4 nitrogen and oxygen atoms in total. The second-order valence-corrected chi connectivity index (χ2v) is 6.81. The Morgan fingerprint density at radius 3 is 2.96 bits per heavy atom. The number of hydrogen-bond acceptors (Lipinski definition) is 3. The Labute approximate surface area is 141 Å². The number of likely N-dealkylation sites (tertiary alicyclic amines) is 1. The van der Waals surface area contributed by atoms with Gasteiger partial charge in [0.1, 0.15) is 5.75 Å². The maximum Gasteiger partial charge on any atom is 0.233 e. The number of amides is 1. The first-order valence-corrected chi connectivity index (χ1v) is 8.85. The van der Waals surface area contributed by atoms with Crippen molar-refractivity contribution in [3.63, 3.8) is 0 Å². The molecule has 1 amide bonds. The normalized spacial score (nSPS) is 17.5. The number of benzene rings is 1. The summed E-state index contributed by atoms with van der Waals surface area (Å²) in [5.74, 6) is 1.50. The number of carbonyl (C=O) groups excluding carboxylic acids is 1. The molecule has 0 bridgehead atoms. The minimum atomic E-state index is 0.210. The molecule has 122 valence electrons. The van der Waals surface area contributed by atoms with Crippen LogP contribution in [0.2, 0.25) is 0 Å². The van der Waals surface area contributed by atoms with E-state index in [4.69, 9.17) is 4.74 Å². The molecule has 2 aromatic rings. The lowest BCUT2D eigenvalue weighted by atomic mass is 10.1. The van der Waals surface area contributed by atoms with Crippen molar-refractivity contribution in [1.82, 2.24) is 9.47 Å². The fraction of sp³-hybridized carbons (Fsp3) is 0.389. The first-order chi connectivity index (χ1) is 11.2. The number of thioether (sulfide) groups is 1. The van der Waals surface area contributed by atoms with Crippen LogP contribution in [0, 0.1) is 0 Å². The van der Waals surface area contributed by atoms with Crippen LogP contribution in [0.3, 0.4) is 0 Å². The molecule has 2 heterocycles. The van der Waals surface area contributed by atoms with Gasteiger partial charge < -0.3 is 14.2 Å². The summed E-state index contributed by atoms with van der Waals surface area (Å²) in [7, 11) is 3.70. The van der Waals surface area contributed by atoms with E-state index in [1.165, 1.54) is 5.69 Å². The van der Waals surface area contributed by atoms with Crippen molar-refractivity contribution in [2.45, 2.75) is 23.8 Å². The van der Waals surface area contributed by atoms with Crippen molar-refractivity contribution < 1.29 is 9.53 Å². The van der Waals surface area contributed by atoms with E-state index in [1.807, 2.05) is 48.5 Å². The number of hydrogen-bond donors (Lipinski definition) is 0. The highest BCUT2D eigenvalue weighted by Gasteiger charge is 2.30. The highest BCUT2D eigenvalue weighted by molar-refractivity contribution is 8.00. The SMILES string of the molecule is COc1cccc(SCC(=O)N2CCC[C@@H]2c2cccn2C)c1. The Hall–Kier alpha value is -1.88. The number of nitrogens with zero attached hydrogens (tertiary/aromatic N) is 2. The molecule has 1 aromatic carbocycles. The van der Waals surface area contributed by atoms with E-state index in [-0.39, 0.29) is 11.9 Å². The predicted molar refractivity (Wildman–Crippen MR) is 92.8 cm³/mol. The average molecular weight is 330 g/mol. The lowest BCUT2D eigenvalue weighted by Gasteiger charge is -2.25. The summed E-state index contributed by atoms with van der Waals surface area (Å²) in [5.41, 5.74) is 1.22. The zero-order valence-corrected chi connectivity index (χ0v) is 14.4. The maximum atomic E-state index is 12.7. The van der Waals surface area contributed by atoms with Crippen LogP contribution in [0.4, 0.5) is 0 Å². The standard InChI is InChI=1S/C18H22N2O2S/c1-19-10-4-8-16(19)17-9-5-11-20(17)18(21)13-23-15-7-3-6-14(12-15)22-2/h3-4,6-8,10,12,17H,5,9,11,13H2,1-2H3/t17-/m1/s1. The number of ether oxygens (including phenoxy) is 1. The van der Waals surface area contributed by atoms with Gasteiger partial charge in [-0.15, -0.1) is 11.8 Å². The highest BCUT2D eigenvalue weighted by Crippen LogP contribution is 2.33. The topological polar surface area (TPSA) is 34.5 Å². The molecular weight excluding hydrogens is 308 g/mol. The van der Waals surface area contributed by atoms with Gasteiger partial charge in [-0.05, 0) is 43.2 Å². The number of aryl methyl sites for hydroxylation is 1. The lowest BCUT2D eigenvalue weighted by Crippen LogP contribution is -2.32. The maximum absolute atomic E-state index is 12.7. The lowest BCUT2D eigenvalue weighted by molar-refractivity contribution is -0.129. The van der Waals surface area contributed by atoms with Crippen LogP contribution in [0.15, 0.2) is 47.5 Å². The van der Waals surface area contributed by atoms with Crippen LogP contribution >= 0.6 is 11.8 Å². The van der Waals surface area contributed by atoms with Gasteiger partial charge in [0.25, 0.3) is 0 Å². The van der Waals surface area contributed by atoms with Gasteiger partial charge in [0.2, 0.25) is 5.91 Å². The van der Waals surface area contributed by atoms with Gasteiger partial charge >= 0.3 is 0 Å². The van der Waals surface area contributed by atoms with E-state index in [0.29, 0.717) is 5.75 Å². The molecule has 23 heavy (non-hydrogen) atoms. The summed E-state index contributed by atoms with van der Waals surface area (Å²) in [5, 5.41) is 0. The second kappa shape index (κ2) is 7.13. The van der Waals surface area contributed by atoms with E-state index >= 15 is 0 Å². The Bertz CT molecular complexity index is 683. The predicted octanol–water partition coefficient (Wildman–Crippen LogP) is 3.49. The second-order valence-electron chi connectivity index (χ2n) is 5.76. The molecule has 1 aliphatic heterocycles. The number of carbonyl (C=O) groups is 1. The van der Waals surface area contributed by atoms with Gasteiger partial charge in [-0.3, -0.25) is 4.79 Å². The van der Waals surface area contributed by atoms with Crippen molar-refractivity contribution in [1.29, 1.82) is 0 Å². The van der Waals surface area contributed by atoms with E-state index in [1.54, 1.807) is 18.9 Å². The monoisotopic (exact) mass is 330 g/mol. The van der Waals surface area contributed by atoms with Crippen molar-refractivity contribution in [3.05, 3.63) is 48.3 Å². The van der Waals surface area contributed by atoms with Crippen molar-refractivity contribution in [2.75, 3.05) is 19.4 Å². The van der Waals surface area contributed by atoms with Crippen LogP contribution in [0.5, 0.6) is 5.75 Å². The van der Waals surface area contributed by atoms with Crippen molar-refractivity contribution >= 4 is 17.7 Å². The van der Waals surface area contributed by atoms with Crippen LogP contribution in [0.25, 0.3) is 0 Å². The molecular formula is C18H22N2O2S. The summed E-state index contributed by atoms with van der Waals surface area (Å²) in [6, 6.07) is 12.2. The zero-order valence-electron chi connectivity index (χ0n) is 13.6. The molecule has 0 N–H and O–H groups in total. The Balaban J connectivity index is 1.64. The third-order valence-electron chi connectivity index (χ3n) is 4.30. The minimum absolute atomic E-state index is 0.210. The molecule has 1 fully saturated rings. The van der Waals surface area contributed by atoms with Crippen LogP contribution in [0.1, 0.15) is 24.6 Å². The third kappa shape index (κ3) is 3.55. The first-order valence-electron chi connectivity index (χ1n) is 7.86. The average Bonchev–Trinajstić information content (AvgIpc) is 3.21. The van der Waals surface area contributed by atoms with Crippen LogP contribution in [-0.4, -0.2) is 34.8 Å². The molecule has 0 aliphatic carbocycles. The molecule has 1 aromatic heterocycles. The van der Waals surface area contributed by atoms with Gasteiger partial charge in [0, 0.05) is 30.4 Å². The molecule has 0 radical (unpaired) electrons. The van der Waals surface area contributed by atoms with Crippen molar-refractivity contribution in [2.24, 2.45) is 7.05 Å². The quantitative estimate of drug-likeness (QED) is 0.787. The number of aromatic nitrogens is 1. The summed E-state index contributed by atoms with van der Waals surface area (Å²) in [4.78, 5) is 15.7. The Kier molecular flexibility index (Phi) is 4.96. The van der Waals surface area contributed by atoms with E-state index in [9.17, 15) is 4.79 Å². The number of rotatable bonds is 5. The molecule has 1 saturated heterocycles.